The summed E-state index contributed by atoms with van der Waals surface area (Å²) in [5.41, 5.74) is 0.503. The number of rotatable bonds is 4. The second-order valence-corrected chi connectivity index (χ2v) is 6.16. The van der Waals surface area contributed by atoms with E-state index in [1.165, 1.54) is 0 Å². The zero-order chi connectivity index (χ0) is 14.7. The van der Waals surface area contributed by atoms with Crippen molar-refractivity contribution < 1.29 is 9.53 Å². The zero-order valence-electron chi connectivity index (χ0n) is 11.7. The molecular weight excluding hydrogens is 297 g/mol. The number of benzene rings is 1. The van der Waals surface area contributed by atoms with Gasteiger partial charge in [0.05, 0.1) is 16.7 Å². The van der Waals surface area contributed by atoms with Crippen LogP contribution in [0.1, 0.15) is 37.0 Å². The van der Waals surface area contributed by atoms with Gasteiger partial charge in [-0.3, -0.25) is 4.79 Å². The molecule has 1 aliphatic rings. The highest BCUT2D eigenvalue weighted by molar-refractivity contribution is 6.36. The number of carbonyl (C=O) groups excluding carboxylic acids is 1. The van der Waals surface area contributed by atoms with Crippen LogP contribution in [-0.2, 0) is 0 Å². The van der Waals surface area contributed by atoms with Crippen LogP contribution in [0.5, 0.6) is 5.75 Å². The standard InChI is InChI=1S/C15H19Cl2NO2/c1-9(2)20-15-12(7-11(16)8-13(15)17)14(19)10-3-5-18-6-4-10/h7-10,18H,3-6H2,1-2H3. The summed E-state index contributed by atoms with van der Waals surface area (Å²) in [4.78, 5) is 12.7. The molecule has 0 aliphatic carbocycles. The van der Waals surface area contributed by atoms with Crippen molar-refractivity contribution in [3.63, 3.8) is 0 Å². The summed E-state index contributed by atoms with van der Waals surface area (Å²) in [6, 6.07) is 3.27. The molecule has 0 radical (unpaired) electrons. The highest BCUT2D eigenvalue weighted by atomic mass is 35.5. The number of nitrogens with one attached hydrogen (secondary N) is 1. The molecule has 0 spiro atoms. The lowest BCUT2D eigenvalue weighted by atomic mass is 9.89. The fourth-order valence-corrected chi connectivity index (χ4v) is 2.94. The Morgan fingerprint density at radius 2 is 1.95 bits per heavy atom. The van der Waals surface area contributed by atoms with Gasteiger partial charge in [0.15, 0.2) is 5.78 Å². The van der Waals surface area contributed by atoms with Gasteiger partial charge in [-0.1, -0.05) is 23.2 Å². The quantitative estimate of drug-likeness (QED) is 0.855. The molecule has 2 rings (SSSR count). The fourth-order valence-electron chi connectivity index (χ4n) is 2.40. The summed E-state index contributed by atoms with van der Waals surface area (Å²) in [7, 11) is 0. The third-order valence-corrected chi connectivity index (χ3v) is 3.84. The van der Waals surface area contributed by atoms with Gasteiger partial charge in [-0.05, 0) is 51.9 Å². The average Bonchev–Trinajstić information content (AvgIpc) is 2.41. The third-order valence-electron chi connectivity index (χ3n) is 3.34. The summed E-state index contributed by atoms with van der Waals surface area (Å²) in [5, 5.41) is 4.11. The molecule has 5 heteroatoms. The SMILES string of the molecule is CC(C)Oc1c(Cl)cc(Cl)cc1C(=O)C1CCNCC1. The Bertz CT molecular complexity index is 497. The number of hydrogen-bond acceptors (Lipinski definition) is 3. The predicted molar refractivity (Wildman–Crippen MR) is 82.2 cm³/mol. The van der Waals surface area contributed by atoms with E-state index >= 15 is 0 Å². The van der Waals surface area contributed by atoms with Gasteiger partial charge in [0.1, 0.15) is 5.75 Å². The van der Waals surface area contributed by atoms with E-state index < -0.39 is 0 Å². The Balaban J connectivity index is 2.35. The first-order chi connectivity index (χ1) is 9.49. The van der Waals surface area contributed by atoms with E-state index in [9.17, 15) is 4.79 Å². The van der Waals surface area contributed by atoms with Gasteiger partial charge in [0.2, 0.25) is 0 Å². The summed E-state index contributed by atoms with van der Waals surface area (Å²) >= 11 is 12.2. The lowest BCUT2D eigenvalue weighted by Crippen LogP contribution is -2.32. The van der Waals surface area contributed by atoms with Crippen LogP contribution in [0.15, 0.2) is 12.1 Å². The largest absolute Gasteiger partial charge is 0.489 e. The topological polar surface area (TPSA) is 38.3 Å². The van der Waals surface area contributed by atoms with Crippen molar-refractivity contribution in [2.24, 2.45) is 5.92 Å². The number of piperidine rings is 1. The molecule has 1 fully saturated rings. The van der Waals surface area contributed by atoms with Crippen LogP contribution in [-0.4, -0.2) is 25.0 Å². The summed E-state index contributed by atoms with van der Waals surface area (Å²) in [6.45, 7) is 5.55. The number of ketones is 1. The van der Waals surface area contributed by atoms with Crippen molar-refractivity contribution in [1.29, 1.82) is 0 Å². The van der Waals surface area contributed by atoms with Crippen LogP contribution >= 0.6 is 23.2 Å². The summed E-state index contributed by atoms with van der Waals surface area (Å²) in [5.74, 6) is 0.543. The molecule has 1 aromatic rings. The second kappa shape index (κ2) is 6.79. The van der Waals surface area contributed by atoms with Gasteiger partial charge >= 0.3 is 0 Å². The molecule has 0 atom stereocenters. The Morgan fingerprint density at radius 1 is 1.30 bits per heavy atom. The molecule has 1 aromatic carbocycles. The van der Waals surface area contributed by atoms with Gasteiger partial charge < -0.3 is 10.1 Å². The van der Waals surface area contributed by atoms with Gasteiger partial charge in [0, 0.05) is 10.9 Å². The lowest BCUT2D eigenvalue weighted by Gasteiger charge is -2.23. The van der Waals surface area contributed by atoms with Crippen molar-refractivity contribution in [3.8, 4) is 5.75 Å². The van der Waals surface area contributed by atoms with Crippen molar-refractivity contribution in [2.45, 2.75) is 32.8 Å². The van der Waals surface area contributed by atoms with Crippen LogP contribution in [0, 0.1) is 5.92 Å². The molecule has 0 unspecified atom stereocenters. The molecule has 20 heavy (non-hydrogen) atoms. The Labute approximate surface area is 129 Å². The summed E-state index contributed by atoms with van der Waals surface area (Å²) in [6.07, 6.45) is 1.63. The maximum Gasteiger partial charge on any atom is 0.169 e. The second-order valence-electron chi connectivity index (χ2n) is 5.32. The molecule has 3 nitrogen and oxygen atoms in total. The smallest absolute Gasteiger partial charge is 0.169 e. The normalized spacial score (nSPS) is 16.4. The van der Waals surface area contributed by atoms with Crippen molar-refractivity contribution >= 4 is 29.0 Å². The Hall–Kier alpha value is -0.770. The van der Waals surface area contributed by atoms with Gasteiger partial charge in [-0.2, -0.15) is 0 Å². The maximum atomic E-state index is 12.7. The predicted octanol–water partition coefficient (Wildman–Crippen LogP) is 3.96. The van der Waals surface area contributed by atoms with Crippen molar-refractivity contribution in [2.75, 3.05) is 13.1 Å². The van der Waals surface area contributed by atoms with Crippen LogP contribution in [0.25, 0.3) is 0 Å². The monoisotopic (exact) mass is 315 g/mol. The molecule has 110 valence electrons. The van der Waals surface area contributed by atoms with E-state index in [1.807, 2.05) is 13.8 Å². The molecule has 1 saturated heterocycles. The van der Waals surface area contributed by atoms with E-state index in [1.54, 1.807) is 12.1 Å². The number of ether oxygens (including phenoxy) is 1. The lowest BCUT2D eigenvalue weighted by molar-refractivity contribution is 0.0889. The van der Waals surface area contributed by atoms with Crippen molar-refractivity contribution in [3.05, 3.63) is 27.7 Å². The molecule has 0 aromatic heterocycles. The van der Waals surface area contributed by atoms with Gasteiger partial charge in [0.25, 0.3) is 0 Å². The van der Waals surface area contributed by atoms with Crippen LogP contribution in [0.3, 0.4) is 0 Å². The Morgan fingerprint density at radius 3 is 2.55 bits per heavy atom. The highest BCUT2D eigenvalue weighted by Crippen LogP contribution is 2.35. The molecule has 0 saturated carbocycles. The van der Waals surface area contributed by atoms with Crippen LogP contribution < -0.4 is 10.1 Å². The molecule has 1 aliphatic heterocycles. The third kappa shape index (κ3) is 3.66. The minimum atomic E-state index is -0.0479. The minimum Gasteiger partial charge on any atom is -0.489 e. The number of carbonyl (C=O) groups is 1. The van der Waals surface area contributed by atoms with Gasteiger partial charge in [-0.15, -0.1) is 0 Å². The minimum absolute atomic E-state index is 0.0142. The average molecular weight is 316 g/mol. The van der Waals surface area contributed by atoms with E-state index in [2.05, 4.69) is 5.32 Å². The molecule has 0 amide bonds. The first-order valence-electron chi connectivity index (χ1n) is 6.89. The molecular formula is C15H19Cl2NO2. The van der Waals surface area contributed by atoms with E-state index in [0.29, 0.717) is 21.4 Å². The van der Waals surface area contributed by atoms with E-state index in [0.717, 1.165) is 25.9 Å². The highest BCUT2D eigenvalue weighted by Gasteiger charge is 2.26. The number of halogens is 2. The number of hydrogen-bond donors (Lipinski definition) is 1. The molecule has 1 heterocycles. The number of Topliss-reactive ketones (excluding diaryl/α,β-unsaturated/α-hetero) is 1. The van der Waals surface area contributed by atoms with Crippen LogP contribution in [0.2, 0.25) is 10.0 Å². The van der Waals surface area contributed by atoms with E-state index in [-0.39, 0.29) is 17.8 Å². The maximum absolute atomic E-state index is 12.7. The first kappa shape index (κ1) is 15.6. The van der Waals surface area contributed by atoms with Crippen molar-refractivity contribution in [1.82, 2.24) is 5.32 Å². The fraction of sp³-hybridized carbons (Fsp3) is 0.533. The Kier molecular flexibility index (Phi) is 5.30. The first-order valence-corrected chi connectivity index (χ1v) is 7.65. The van der Waals surface area contributed by atoms with Gasteiger partial charge in [-0.25, -0.2) is 0 Å². The van der Waals surface area contributed by atoms with E-state index in [4.69, 9.17) is 27.9 Å². The zero-order valence-corrected chi connectivity index (χ0v) is 13.2. The van der Waals surface area contributed by atoms with Crippen LogP contribution in [0.4, 0.5) is 0 Å². The molecule has 1 N–H and O–H groups in total. The summed E-state index contributed by atoms with van der Waals surface area (Å²) < 4.78 is 5.72. The molecule has 0 bridgehead atoms.